The van der Waals surface area contributed by atoms with Crippen LogP contribution in [0.2, 0.25) is 0 Å². The monoisotopic (exact) mass is 302 g/mol. The zero-order valence-electron chi connectivity index (χ0n) is 12.3. The fourth-order valence-corrected chi connectivity index (χ4v) is 2.18. The Balaban J connectivity index is 2.05. The summed E-state index contributed by atoms with van der Waals surface area (Å²) in [7, 11) is 0. The van der Waals surface area contributed by atoms with Gasteiger partial charge in [-0.1, -0.05) is 62.7 Å². The van der Waals surface area contributed by atoms with Crippen LogP contribution < -0.4 is 4.74 Å². The van der Waals surface area contributed by atoms with Gasteiger partial charge in [0.2, 0.25) is 0 Å². The fraction of sp³-hybridized carbons (Fsp3) is 0.278. The van der Waals surface area contributed by atoms with E-state index >= 15 is 0 Å². The summed E-state index contributed by atoms with van der Waals surface area (Å²) < 4.78 is 5.32. The van der Waals surface area contributed by atoms with Gasteiger partial charge in [0.05, 0.1) is 0 Å². The summed E-state index contributed by atoms with van der Waals surface area (Å²) in [6, 6.07) is 17.5. The Morgan fingerprint density at radius 1 is 1.05 bits per heavy atom. The van der Waals surface area contributed by atoms with Crippen LogP contribution in [-0.4, -0.2) is 11.3 Å². The second kappa shape index (κ2) is 7.28. The second-order valence-electron chi connectivity index (χ2n) is 5.10. The predicted molar refractivity (Wildman–Crippen MR) is 86.6 cm³/mol. The summed E-state index contributed by atoms with van der Waals surface area (Å²) in [6.45, 7) is 3.94. The summed E-state index contributed by atoms with van der Waals surface area (Å²) in [5, 5.41) is -0.608. The van der Waals surface area contributed by atoms with Gasteiger partial charge in [-0.25, -0.2) is 0 Å². The second-order valence-corrected chi connectivity index (χ2v) is 5.57. The van der Waals surface area contributed by atoms with Crippen LogP contribution in [0.4, 0.5) is 0 Å². The highest BCUT2D eigenvalue weighted by Crippen LogP contribution is 2.23. The van der Waals surface area contributed by atoms with Gasteiger partial charge in [-0.3, -0.25) is 4.79 Å². The first-order chi connectivity index (χ1) is 10.1. The summed E-state index contributed by atoms with van der Waals surface area (Å²) in [6.07, 6.45) is 0.843. The highest BCUT2D eigenvalue weighted by molar-refractivity contribution is 6.30. The van der Waals surface area contributed by atoms with Crippen LogP contribution in [0, 0.1) is 5.92 Å². The highest BCUT2D eigenvalue weighted by atomic mass is 35.5. The quantitative estimate of drug-likeness (QED) is 0.445. The molecule has 2 rings (SSSR count). The molecule has 0 aromatic heterocycles. The number of benzene rings is 2. The highest BCUT2D eigenvalue weighted by Gasteiger charge is 2.23. The number of carbonyl (C=O) groups excluding carboxylic acids is 1. The number of ether oxygens (including phenoxy) is 1. The van der Waals surface area contributed by atoms with Gasteiger partial charge in [0.1, 0.15) is 11.1 Å². The molecule has 0 amide bonds. The van der Waals surface area contributed by atoms with Crippen LogP contribution in [0.15, 0.2) is 54.6 Å². The van der Waals surface area contributed by atoms with E-state index in [9.17, 15) is 4.79 Å². The Hall–Kier alpha value is -1.80. The van der Waals surface area contributed by atoms with Crippen molar-refractivity contribution in [3.8, 4) is 16.9 Å². The van der Waals surface area contributed by atoms with Crippen molar-refractivity contribution in [2.45, 2.75) is 25.6 Å². The molecule has 0 N–H and O–H groups in total. The zero-order valence-corrected chi connectivity index (χ0v) is 13.0. The van der Waals surface area contributed by atoms with E-state index in [1.165, 1.54) is 0 Å². The lowest BCUT2D eigenvalue weighted by molar-refractivity contribution is -0.134. The maximum atomic E-state index is 11.9. The van der Waals surface area contributed by atoms with E-state index in [2.05, 4.69) is 0 Å². The van der Waals surface area contributed by atoms with Crippen molar-refractivity contribution in [2.24, 2.45) is 5.92 Å². The van der Waals surface area contributed by atoms with E-state index < -0.39 is 11.3 Å². The molecule has 0 heterocycles. The summed E-state index contributed by atoms with van der Waals surface area (Å²) in [5.74, 6) is 0.231. The standard InChI is InChI=1S/C18H19ClO2/c1-3-13(2)17(19)18(20)21-16-11-9-15(10-12-16)14-7-5-4-6-8-14/h4-13,17H,3H2,1-2H3/t13-,17-/m0/s1. The van der Waals surface area contributed by atoms with Gasteiger partial charge in [0.15, 0.2) is 0 Å². The number of rotatable bonds is 5. The van der Waals surface area contributed by atoms with Crippen LogP contribution in [0.1, 0.15) is 20.3 Å². The minimum Gasteiger partial charge on any atom is -0.425 e. The summed E-state index contributed by atoms with van der Waals surface area (Å²) >= 11 is 6.08. The third-order valence-corrected chi connectivity index (χ3v) is 4.16. The van der Waals surface area contributed by atoms with Crippen LogP contribution in [-0.2, 0) is 4.79 Å². The van der Waals surface area contributed by atoms with Gasteiger partial charge >= 0.3 is 5.97 Å². The van der Waals surface area contributed by atoms with Gasteiger partial charge < -0.3 is 4.74 Å². The lowest BCUT2D eigenvalue weighted by atomic mass is 10.0. The number of esters is 1. The molecular formula is C18H19ClO2. The smallest absolute Gasteiger partial charge is 0.329 e. The molecule has 0 bridgehead atoms. The normalized spacial score (nSPS) is 13.5. The van der Waals surface area contributed by atoms with E-state index in [1.54, 1.807) is 12.1 Å². The number of hydrogen-bond acceptors (Lipinski definition) is 2. The van der Waals surface area contributed by atoms with Crippen molar-refractivity contribution in [3.05, 3.63) is 54.6 Å². The lowest BCUT2D eigenvalue weighted by Crippen LogP contribution is -2.26. The Bertz CT molecular complexity index is 578. The maximum absolute atomic E-state index is 11.9. The van der Waals surface area contributed by atoms with Crippen molar-refractivity contribution < 1.29 is 9.53 Å². The Morgan fingerprint density at radius 3 is 2.19 bits per heavy atom. The first-order valence-electron chi connectivity index (χ1n) is 7.13. The number of hydrogen-bond donors (Lipinski definition) is 0. The van der Waals surface area contributed by atoms with Crippen LogP contribution in [0.5, 0.6) is 5.75 Å². The van der Waals surface area contributed by atoms with Crippen molar-refractivity contribution >= 4 is 17.6 Å². The molecule has 0 spiro atoms. The molecule has 2 nitrogen and oxygen atoms in total. The Labute approximate surface area is 130 Å². The van der Waals surface area contributed by atoms with E-state index in [4.69, 9.17) is 16.3 Å². The molecule has 0 fully saturated rings. The fourth-order valence-electron chi connectivity index (χ4n) is 1.96. The molecule has 0 radical (unpaired) electrons. The minimum absolute atomic E-state index is 0.0998. The zero-order chi connectivity index (χ0) is 15.2. The third-order valence-electron chi connectivity index (χ3n) is 3.55. The van der Waals surface area contributed by atoms with Crippen molar-refractivity contribution in [2.75, 3.05) is 0 Å². The summed E-state index contributed by atoms with van der Waals surface area (Å²) in [5.41, 5.74) is 2.21. The average molecular weight is 303 g/mol. The van der Waals surface area contributed by atoms with Gasteiger partial charge in [0, 0.05) is 0 Å². The van der Waals surface area contributed by atoms with Crippen molar-refractivity contribution in [1.82, 2.24) is 0 Å². The van der Waals surface area contributed by atoms with Gasteiger partial charge in [-0.15, -0.1) is 11.6 Å². The number of carbonyl (C=O) groups is 1. The van der Waals surface area contributed by atoms with Crippen molar-refractivity contribution in [1.29, 1.82) is 0 Å². The maximum Gasteiger partial charge on any atom is 0.329 e. The molecule has 2 atom stereocenters. The molecule has 21 heavy (non-hydrogen) atoms. The van der Waals surface area contributed by atoms with Crippen molar-refractivity contribution in [3.63, 3.8) is 0 Å². The van der Waals surface area contributed by atoms with Gasteiger partial charge in [-0.2, -0.15) is 0 Å². The Morgan fingerprint density at radius 2 is 1.62 bits per heavy atom. The van der Waals surface area contributed by atoms with E-state index in [0.717, 1.165) is 17.5 Å². The first-order valence-corrected chi connectivity index (χ1v) is 7.56. The number of alkyl halides is 1. The predicted octanol–water partition coefficient (Wildman–Crippen LogP) is 4.91. The van der Waals surface area contributed by atoms with E-state index in [-0.39, 0.29) is 5.92 Å². The molecule has 0 aliphatic carbocycles. The van der Waals surface area contributed by atoms with Crippen LogP contribution in [0.25, 0.3) is 11.1 Å². The lowest BCUT2D eigenvalue weighted by Gasteiger charge is -2.15. The van der Waals surface area contributed by atoms with Gasteiger partial charge in [-0.05, 0) is 29.2 Å². The topological polar surface area (TPSA) is 26.3 Å². The molecule has 0 unspecified atom stereocenters. The molecule has 2 aromatic rings. The molecule has 0 saturated heterocycles. The molecule has 0 aliphatic heterocycles. The number of halogens is 1. The van der Waals surface area contributed by atoms with Crippen LogP contribution >= 0.6 is 11.6 Å². The molecule has 2 aromatic carbocycles. The first kappa shape index (κ1) is 15.6. The Kier molecular flexibility index (Phi) is 5.40. The van der Waals surface area contributed by atoms with Gasteiger partial charge in [0.25, 0.3) is 0 Å². The average Bonchev–Trinajstić information content (AvgIpc) is 2.54. The van der Waals surface area contributed by atoms with Crippen LogP contribution in [0.3, 0.4) is 0 Å². The molecule has 110 valence electrons. The molecule has 3 heteroatoms. The molecular weight excluding hydrogens is 284 g/mol. The largest absolute Gasteiger partial charge is 0.425 e. The SMILES string of the molecule is CC[C@H](C)[C@H](Cl)C(=O)Oc1ccc(-c2ccccc2)cc1. The van der Waals surface area contributed by atoms with E-state index in [0.29, 0.717) is 5.75 Å². The minimum atomic E-state index is -0.608. The molecule has 0 aliphatic rings. The van der Waals surface area contributed by atoms with E-state index in [1.807, 2.05) is 56.3 Å². The summed E-state index contributed by atoms with van der Waals surface area (Å²) in [4.78, 5) is 11.9. The molecule has 0 saturated carbocycles. The third kappa shape index (κ3) is 4.08.